The molecule has 1 N–H and O–H groups in total. The highest BCUT2D eigenvalue weighted by atomic mass is 14.8. The van der Waals surface area contributed by atoms with Gasteiger partial charge in [-0.25, -0.2) is 0 Å². The Bertz CT molecular complexity index is 112. The molecule has 0 amide bonds. The van der Waals surface area contributed by atoms with E-state index in [0.29, 0.717) is 0 Å². The number of hydrogen-bond acceptors (Lipinski definition) is 1. The molecular weight excluding hydrogens is 110 g/mol. The summed E-state index contributed by atoms with van der Waals surface area (Å²) in [6.45, 7) is 4.14. The zero-order valence-corrected chi connectivity index (χ0v) is 6.44. The zero-order chi connectivity index (χ0) is 7.11. The number of nitrogens with one attached hydrogen (secondary N) is 1. The van der Waals surface area contributed by atoms with Crippen molar-refractivity contribution >= 4 is 0 Å². The van der Waals surface area contributed by atoms with Gasteiger partial charge in [0.1, 0.15) is 0 Å². The van der Waals surface area contributed by atoms with Crippen LogP contribution in [0, 0.1) is 0 Å². The van der Waals surface area contributed by atoms with Crippen LogP contribution in [0.25, 0.3) is 0 Å². The molecule has 0 atom stereocenters. The van der Waals surface area contributed by atoms with Crippen molar-refractivity contribution in [2.24, 2.45) is 0 Å². The molecule has 0 radical (unpaired) electrons. The molecule has 0 spiro atoms. The lowest BCUT2D eigenvalue weighted by molar-refractivity contribution is 1.01. The fourth-order valence-electron chi connectivity index (χ4n) is 0.653. The third-order valence-electron chi connectivity index (χ3n) is 1.06. The maximum atomic E-state index is 3.08. The van der Waals surface area contributed by atoms with Crippen LogP contribution in [-0.4, -0.2) is 7.05 Å². The van der Waals surface area contributed by atoms with Gasteiger partial charge in [-0.1, -0.05) is 19.1 Å². The second-order valence-electron chi connectivity index (χ2n) is 1.82. The van der Waals surface area contributed by atoms with Crippen LogP contribution in [0.4, 0.5) is 0 Å². The van der Waals surface area contributed by atoms with Crippen molar-refractivity contribution in [1.29, 1.82) is 0 Å². The van der Waals surface area contributed by atoms with E-state index in [1.165, 1.54) is 5.70 Å². The standard InChI is InChI=1S/C8H15N/c1-4-6-8(9-3)7-5-2/h4,6-7,9H,5H2,1-3H3/b6-4-,8-7+. The van der Waals surface area contributed by atoms with Crippen molar-refractivity contribution in [2.75, 3.05) is 7.05 Å². The molecule has 0 aliphatic heterocycles. The van der Waals surface area contributed by atoms with Crippen molar-refractivity contribution in [3.63, 3.8) is 0 Å². The molecule has 0 aromatic rings. The van der Waals surface area contributed by atoms with E-state index < -0.39 is 0 Å². The maximum Gasteiger partial charge on any atom is 0.0293 e. The molecule has 52 valence electrons. The molecule has 0 aliphatic carbocycles. The fourth-order valence-corrected chi connectivity index (χ4v) is 0.653. The third-order valence-corrected chi connectivity index (χ3v) is 1.06. The van der Waals surface area contributed by atoms with Crippen molar-refractivity contribution in [3.8, 4) is 0 Å². The number of allylic oxidation sites excluding steroid dienone is 3. The van der Waals surface area contributed by atoms with Crippen molar-refractivity contribution in [3.05, 3.63) is 23.9 Å². The number of rotatable bonds is 3. The first-order valence-corrected chi connectivity index (χ1v) is 3.35. The predicted octanol–water partition coefficient (Wildman–Crippen LogP) is 2.08. The minimum Gasteiger partial charge on any atom is -0.388 e. The SMILES string of the molecule is C/C=C\C(=C/CC)NC. The Hall–Kier alpha value is -0.720. The lowest BCUT2D eigenvalue weighted by atomic mass is 10.3. The van der Waals surface area contributed by atoms with Crippen LogP contribution in [-0.2, 0) is 0 Å². The summed E-state index contributed by atoms with van der Waals surface area (Å²) < 4.78 is 0. The summed E-state index contributed by atoms with van der Waals surface area (Å²) in [6.07, 6.45) is 7.32. The molecule has 1 heteroatoms. The van der Waals surface area contributed by atoms with Gasteiger partial charge in [-0.2, -0.15) is 0 Å². The molecule has 0 aliphatic rings. The summed E-state index contributed by atoms with van der Waals surface area (Å²) in [5, 5.41) is 3.08. The van der Waals surface area contributed by atoms with Crippen LogP contribution in [0.3, 0.4) is 0 Å². The molecule has 1 nitrogen and oxygen atoms in total. The quantitative estimate of drug-likeness (QED) is 0.569. The topological polar surface area (TPSA) is 12.0 Å². The molecule has 0 aromatic heterocycles. The van der Waals surface area contributed by atoms with Gasteiger partial charge in [0.15, 0.2) is 0 Å². The van der Waals surface area contributed by atoms with Gasteiger partial charge in [-0.15, -0.1) is 0 Å². The summed E-state index contributed by atoms with van der Waals surface area (Å²) in [5.74, 6) is 0. The Morgan fingerprint density at radius 3 is 2.56 bits per heavy atom. The molecular formula is C8H15N. The summed E-state index contributed by atoms with van der Waals surface area (Å²) in [6, 6.07) is 0. The van der Waals surface area contributed by atoms with Crippen LogP contribution < -0.4 is 5.32 Å². The molecule has 0 fully saturated rings. The second kappa shape index (κ2) is 5.42. The predicted molar refractivity (Wildman–Crippen MR) is 42.2 cm³/mol. The first-order chi connectivity index (χ1) is 4.35. The minimum atomic E-state index is 1.08. The third kappa shape index (κ3) is 3.83. The van der Waals surface area contributed by atoms with Crippen molar-refractivity contribution < 1.29 is 0 Å². The Balaban J connectivity index is 3.81. The van der Waals surface area contributed by atoms with E-state index in [2.05, 4.69) is 24.4 Å². The van der Waals surface area contributed by atoms with E-state index in [9.17, 15) is 0 Å². The number of likely N-dealkylation sites (N-methyl/N-ethyl adjacent to an activating group) is 1. The van der Waals surface area contributed by atoms with Crippen molar-refractivity contribution in [2.45, 2.75) is 20.3 Å². The molecule has 0 unspecified atom stereocenters. The Morgan fingerprint density at radius 2 is 2.22 bits per heavy atom. The largest absolute Gasteiger partial charge is 0.388 e. The average molecular weight is 125 g/mol. The summed E-state index contributed by atoms with van der Waals surface area (Å²) in [5.41, 5.74) is 1.19. The average Bonchev–Trinajstić information content (AvgIpc) is 1.88. The van der Waals surface area contributed by atoms with Crippen LogP contribution in [0.2, 0.25) is 0 Å². The molecule has 0 saturated heterocycles. The molecule has 0 saturated carbocycles. The Morgan fingerprint density at radius 1 is 1.56 bits per heavy atom. The van der Waals surface area contributed by atoms with Crippen LogP contribution >= 0.6 is 0 Å². The Labute approximate surface area is 57.5 Å². The molecule has 0 aromatic carbocycles. The highest BCUT2D eigenvalue weighted by molar-refractivity contribution is 5.14. The van der Waals surface area contributed by atoms with Gasteiger partial charge in [-0.05, 0) is 19.4 Å². The van der Waals surface area contributed by atoms with Gasteiger partial charge in [0.2, 0.25) is 0 Å². The molecule has 0 heterocycles. The van der Waals surface area contributed by atoms with Gasteiger partial charge in [-0.3, -0.25) is 0 Å². The smallest absolute Gasteiger partial charge is 0.0293 e. The monoisotopic (exact) mass is 125 g/mol. The first-order valence-electron chi connectivity index (χ1n) is 3.35. The first kappa shape index (κ1) is 8.28. The van der Waals surface area contributed by atoms with E-state index in [1.807, 2.05) is 20.0 Å². The van der Waals surface area contributed by atoms with E-state index in [1.54, 1.807) is 0 Å². The highest BCUT2D eigenvalue weighted by Gasteiger charge is 1.80. The van der Waals surface area contributed by atoms with E-state index >= 15 is 0 Å². The highest BCUT2D eigenvalue weighted by Crippen LogP contribution is 1.92. The lowest BCUT2D eigenvalue weighted by Gasteiger charge is -1.97. The van der Waals surface area contributed by atoms with Crippen molar-refractivity contribution in [1.82, 2.24) is 5.32 Å². The molecule has 9 heavy (non-hydrogen) atoms. The van der Waals surface area contributed by atoms with Crippen LogP contribution in [0.1, 0.15) is 20.3 Å². The molecule has 0 bridgehead atoms. The normalized spacial score (nSPS) is 12.6. The summed E-state index contributed by atoms with van der Waals surface area (Å²) >= 11 is 0. The number of hydrogen-bond donors (Lipinski definition) is 1. The zero-order valence-electron chi connectivity index (χ0n) is 6.44. The minimum absolute atomic E-state index is 1.08. The van der Waals surface area contributed by atoms with Gasteiger partial charge in [0.05, 0.1) is 0 Å². The Kier molecular flexibility index (Phi) is 4.98. The van der Waals surface area contributed by atoms with E-state index in [4.69, 9.17) is 0 Å². The summed E-state index contributed by atoms with van der Waals surface area (Å²) in [7, 11) is 1.93. The molecule has 0 rings (SSSR count). The van der Waals surface area contributed by atoms with E-state index in [-0.39, 0.29) is 0 Å². The summed E-state index contributed by atoms with van der Waals surface area (Å²) in [4.78, 5) is 0. The van der Waals surface area contributed by atoms with Gasteiger partial charge in [0, 0.05) is 12.7 Å². The van der Waals surface area contributed by atoms with Crippen LogP contribution in [0.5, 0.6) is 0 Å². The van der Waals surface area contributed by atoms with E-state index in [0.717, 1.165) is 6.42 Å². The lowest BCUT2D eigenvalue weighted by Crippen LogP contribution is -2.02. The van der Waals surface area contributed by atoms with Gasteiger partial charge in [0.25, 0.3) is 0 Å². The van der Waals surface area contributed by atoms with Gasteiger partial charge < -0.3 is 5.32 Å². The maximum absolute atomic E-state index is 3.08. The van der Waals surface area contributed by atoms with Crippen LogP contribution in [0.15, 0.2) is 23.9 Å². The fraction of sp³-hybridized carbons (Fsp3) is 0.500. The second-order valence-corrected chi connectivity index (χ2v) is 1.82. The van der Waals surface area contributed by atoms with Gasteiger partial charge >= 0.3 is 0 Å².